The highest BCUT2D eigenvalue weighted by atomic mass is 16.5. The minimum atomic E-state index is -0.330. The third-order valence-corrected chi connectivity index (χ3v) is 4.17. The van der Waals surface area contributed by atoms with Crippen molar-refractivity contribution in [2.45, 2.75) is 32.7 Å². The lowest BCUT2D eigenvalue weighted by atomic mass is 10.1. The Morgan fingerprint density at radius 3 is 2.74 bits per heavy atom. The summed E-state index contributed by atoms with van der Waals surface area (Å²) in [6.07, 6.45) is 1.08. The van der Waals surface area contributed by atoms with Crippen molar-refractivity contribution in [3.05, 3.63) is 18.2 Å². The van der Waals surface area contributed by atoms with Crippen molar-refractivity contribution in [1.82, 2.24) is 5.32 Å². The third-order valence-electron chi connectivity index (χ3n) is 4.17. The van der Waals surface area contributed by atoms with Crippen molar-refractivity contribution >= 4 is 17.5 Å². The molecule has 2 rings (SSSR count). The Bertz CT molecular complexity index is 588. The van der Waals surface area contributed by atoms with Gasteiger partial charge in [-0.2, -0.15) is 0 Å². The Morgan fingerprint density at radius 1 is 1.39 bits per heavy atom. The molecule has 0 bridgehead atoms. The molecule has 23 heavy (non-hydrogen) atoms. The van der Waals surface area contributed by atoms with E-state index in [2.05, 4.69) is 5.32 Å². The van der Waals surface area contributed by atoms with E-state index in [4.69, 9.17) is 9.47 Å². The summed E-state index contributed by atoms with van der Waals surface area (Å²) in [7, 11) is 3.12. The fourth-order valence-electron chi connectivity index (χ4n) is 2.59. The third kappa shape index (κ3) is 3.75. The van der Waals surface area contributed by atoms with Crippen molar-refractivity contribution in [2.75, 3.05) is 25.7 Å². The predicted molar refractivity (Wildman–Crippen MR) is 87.9 cm³/mol. The molecule has 0 spiro atoms. The molecule has 126 valence electrons. The molecule has 0 saturated carbocycles. The van der Waals surface area contributed by atoms with Crippen molar-refractivity contribution in [3.63, 3.8) is 0 Å². The van der Waals surface area contributed by atoms with Gasteiger partial charge in [-0.05, 0) is 25.5 Å². The Balaban J connectivity index is 2.16. The van der Waals surface area contributed by atoms with E-state index in [0.717, 1.165) is 6.42 Å². The minimum absolute atomic E-state index is 0.0670. The summed E-state index contributed by atoms with van der Waals surface area (Å²) >= 11 is 0. The van der Waals surface area contributed by atoms with Crippen LogP contribution in [-0.4, -0.2) is 38.6 Å². The van der Waals surface area contributed by atoms with Crippen LogP contribution in [0.1, 0.15) is 26.7 Å². The molecular formula is C17H24N2O4. The Kier molecular flexibility index (Phi) is 5.47. The molecule has 6 nitrogen and oxygen atoms in total. The predicted octanol–water partition coefficient (Wildman–Crippen LogP) is 1.97. The first kappa shape index (κ1) is 17.1. The summed E-state index contributed by atoms with van der Waals surface area (Å²) in [4.78, 5) is 26.2. The molecule has 1 aliphatic heterocycles. The van der Waals surface area contributed by atoms with Crippen LogP contribution in [-0.2, 0) is 9.59 Å². The lowest BCUT2D eigenvalue weighted by Gasteiger charge is -2.20. The Hall–Kier alpha value is -2.24. The number of benzene rings is 1. The van der Waals surface area contributed by atoms with Gasteiger partial charge in [-0.3, -0.25) is 9.59 Å². The van der Waals surface area contributed by atoms with Gasteiger partial charge in [0.25, 0.3) is 0 Å². The van der Waals surface area contributed by atoms with Crippen LogP contribution in [0.3, 0.4) is 0 Å². The van der Waals surface area contributed by atoms with Gasteiger partial charge in [0, 0.05) is 25.1 Å². The number of hydrogen-bond donors (Lipinski definition) is 1. The molecule has 1 aromatic carbocycles. The summed E-state index contributed by atoms with van der Waals surface area (Å²) < 4.78 is 10.5. The maximum atomic E-state index is 12.3. The summed E-state index contributed by atoms with van der Waals surface area (Å²) in [5.41, 5.74) is 0.664. The average Bonchev–Trinajstić information content (AvgIpc) is 2.95. The van der Waals surface area contributed by atoms with Crippen LogP contribution >= 0.6 is 0 Å². The van der Waals surface area contributed by atoms with Gasteiger partial charge in [-0.1, -0.05) is 6.92 Å². The van der Waals surface area contributed by atoms with Gasteiger partial charge < -0.3 is 19.7 Å². The number of anilines is 1. The van der Waals surface area contributed by atoms with Crippen LogP contribution in [0.4, 0.5) is 5.69 Å². The number of ether oxygens (including phenoxy) is 2. The number of amides is 2. The van der Waals surface area contributed by atoms with Crippen LogP contribution in [0.2, 0.25) is 0 Å². The second kappa shape index (κ2) is 7.35. The lowest BCUT2D eigenvalue weighted by molar-refractivity contribution is -0.126. The van der Waals surface area contributed by atoms with E-state index in [1.807, 2.05) is 13.8 Å². The number of rotatable bonds is 6. The van der Waals surface area contributed by atoms with Crippen molar-refractivity contribution in [1.29, 1.82) is 0 Å². The van der Waals surface area contributed by atoms with E-state index in [-0.39, 0.29) is 30.2 Å². The van der Waals surface area contributed by atoms with Crippen LogP contribution in [0.25, 0.3) is 0 Å². The number of methoxy groups -OCH3 is 2. The van der Waals surface area contributed by atoms with Gasteiger partial charge in [0.1, 0.15) is 11.5 Å². The van der Waals surface area contributed by atoms with Crippen LogP contribution in [0, 0.1) is 5.92 Å². The number of nitrogens with one attached hydrogen (secondary N) is 1. The minimum Gasteiger partial charge on any atom is -0.497 e. The molecule has 2 atom stereocenters. The summed E-state index contributed by atoms with van der Waals surface area (Å²) in [6.45, 7) is 4.34. The van der Waals surface area contributed by atoms with Crippen LogP contribution in [0.5, 0.6) is 11.5 Å². The highest BCUT2D eigenvalue weighted by Crippen LogP contribution is 2.35. The first-order chi connectivity index (χ1) is 11.0. The second-order valence-corrected chi connectivity index (χ2v) is 5.76. The molecule has 1 N–H and O–H groups in total. The molecule has 1 heterocycles. The van der Waals surface area contributed by atoms with Gasteiger partial charge in [0.2, 0.25) is 11.8 Å². The molecule has 2 unspecified atom stereocenters. The number of carbonyl (C=O) groups excluding carboxylic acids is 2. The molecule has 0 aliphatic carbocycles. The summed E-state index contributed by atoms with van der Waals surface area (Å²) in [6, 6.07) is 5.40. The lowest BCUT2D eigenvalue weighted by Crippen LogP contribution is -2.38. The smallest absolute Gasteiger partial charge is 0.227 e. The van der Waals surface area contributed by atoms with E-state index in [1.54, 1.807) is 37.3 Å². The zero-order valence-electron chi connectivity index (χ0n) is 14.1. The molecule has 0 radical (unpaired) electrons. The van der Waals surface area contributed by atoms with Gasteiger partial charge in [0.15, 0.2) is 0 Å². The van der Waals surface area contributed by atoms with Crippen molar-refractivity contribution in [2.24, 2.45) is 5.92 Å². The molecular weight excluding hydrogens is 296 g/mol. The molecule has 1 aliphatic rings. The Morgan fingerprint density at radius 2 is 2.13 bits per heavy atom. The van der Waals surface area contributed by atoms with Crippen LogP contribution < -0.4 is 19.7 Å². The average molecular weight is 320 g/mol. The first-order valence-electron chi connectivity index (χ1n) is 7.82. The zero-order chi connectivity index (χ0) is 17.0. The SMILES string of the molecule is CCC(C)NC(=O)C1CC(=O)N(c2ccc(OC)cc2OC)C1. The summed E-state index contributed by atoms with van der Waals surface area (Å²) in [5.74, 6) is 0.743. The highest BCUT2D eigenvalue weighted by molar-refractivity contribution is 6.01. The molecule has 1 aromatic rings. The first-order valence-corrected chi connectivity index (χ1v) is 7.82. The normalized spacial score (nSPS) is 18.7. The Labute approximate surface area is 136 Å². The number of nitrogens with zero attached hydrogens (tertiary/aromatic N) is 1. The molecule has 6 heteroatoms. The number of carbonyl (C=O) groups is 2. The maximum Gasteiger partial charge on any atom is 0.227 e. The van der Waals surface area contributed by atoms with Crippen molar-refractivity contribution < 1.29 is 19.1 Å². The zero-order valence-corrected chi connectivity index (χ0v) is 14.1. The molecule has 1 saturated heterocycles. The standard InChI is InChI=1S/C17H24N2O4/c1-5-11(2)18-17(21)12-8-16(20)19(10-12)14-7-6-13(22-3)9-15(14)23-4/h6-7,9,11-12H,5,8,10H2,1-4H3,(H,18,21). The molecule has 1 fully saturated rings. The van der Waals surface area contributed by atoms with E-state index < -0.39 is 0 Å². The monoisotopic (exact) mass is 320 g/mol. The fourth-order valence-corrected chi connectivity index (χ4v) is 2.59. The van der Waals surface area contributed by atoms with Gasteiger partial charge in [0.05, 0.1) is 25.8 Å². The second-order valence-electron chi connectivity index (χ2n) is 5.76. The van der Waals surface area contributed by atoms with Crippen molar-refractivity contribution in [3.8, 4) is 11.5 Å². The van der Waals surface area contributed by atoms with E-state index in [0.29, 0.717) is 23.7 Å². The molecule has 0 aromatic heterocycles. The molecule has 2 amide bonds. The quantitative estimate of drug-likeness (QED) is 0.870. The maximum absolute atomic E-state index is 12.3. The highest BCUT2D eigenvalue weighted by Gasteiger charge is 2.36. The largest absolute Gasteiger partial charge is 0.497 e. The van der Waals surface area contributed by atoms with Crippen LogP contribution in [0.15, 0.2) is 18.2 Å². The van der Waals surface area contributed by atoms with Gasteiger partial charge in [-0.25, -0.2) is 0 Å². The van der Waals surface area contributed by atoms with Gasteiger partial charge in [-0.15, -0.1) is 0 Å². The number of hydrogen-bond acceptors (Lipinski definition) is 4. The van der Waals surface area contributed by atoms with E-state index in [1.165, 1.54) is 0 Å². The van der Waals surface area contributed by atoms with E-state index in [9.17, 15) is 9.59 Å². The topological polar surface area (TPSA) is 67.9 Å². The van der Waals surface area contributed by atoms with Gasteiger partial charge >= 0.3 is 0 Å². The summed E-state index contributed by atoms with van der Waals surface area (Å²) in [5, 5.41) is 2.94. The van der Waals surface area contributed by atoms with E-state index >= 15 is 0 Å². The fraction of sp³-hybridized carbons (Fsp3) is 0.529.